The van der Waals surface area contributed by atoms with Crippen LogP contribution in [0.4, 0.5) is 4.79 Å². The van der Waals surface area contributed by atoms with Crippen molar-refractivity contribution in [2.75, 3.05) is 26.3 Å². The quantitative estimate of drug-likeness (QED) is 0.163. The molecule has 10 heteroatoms. The van der Waals surface area contributed by atoms with E-state index in [2.05, 4.69) is 20.1 Å². The van der Waals surface area contributed by atoms with E-state index in [0.29, 0.717) is 12.8 Å². The van der Waals surface area contributed by atoms with Gasteiger partial charge in [-0.15, -0.1) is 0 Å². The molecule has 1 aliphatic heterocycles. The van der Waals surface area contributed by atoms with Crippen molar-refractivity contribution in [3.63, 3.8) is 0 Å². The highest BCUT2D eigenvalue weighted by atomic mass is 16.5. The van der Waals surface area contributed by atoms with Gasteiger partial charge in [0.15, 0.2) is 0 Å². The van der Waals surface area contributed by atoms with Gasteiger partial charge in [-0.25, -0.2) is 14.4 Å². The standard InChI is InChI=1S/C22H34N2O8/c1-5-8-9-10-11-22(4)20(29)23(12-16(25)14-31-18(27)6-2)21(30)24(22)13-17(26)15-32-19(28)7-3/h6-7,16-17,25-26H,2-3,5,8-15H2,1,4H3. The first kappa shape index (κ1) is 27.3. The zero-order chi connectivity index (χ0) is 24.3. The first-order valence-corrected chi connectivity index (χ1v) is 10.7. The number of carbonyl (C=O) groups excluding carboxylic acids is 4. The fourth-order valence-corrected chi connectivity index (χ4v) is 3.43. The number of unbranched alkanes of at least 4 members (excludes halogenated alkanes) is 3. The van der Waals surface area contributed by atoms with Gasteiger partial charge in [0, 0.05) is 12.2 Å². The minimum absolute atomic E-state index is 0.239. The summed E-state index contributed by atoms with van der Waals surface area (Å²) in [6, 6.07) is -0.684. The number of hydrogen-bond acceptors (Lipinski definition) is 8. The molecule has 1 heterocycles. The fraction of sp³-hybridized carbons (Fsp3) is 0.636. The average Bonchev–Trinajstić information content (AvgIpc) is 2.94. The van der Waals surface area contributed by atoms with Crippen LogP contribution in [0.1, 0.15) is 46.0 Å². The maximum Gasteiger partial charge on any atom is 0.330 e. The van der Waals surface area contributed by atoms with Crippen LogP contribution < -0.4 is 0 Å². The summed E-state index contributed by atoms with van der Waals surface area (Å²) in [5.74, 6) is -1.96. The monoisotopic (exact) mass is 454 g/mol. The Morgan fingerprint density at radius 2 is 1.53 bits per heavy atom. The van der Waals surface area contributed by atoms with E-state index in [9.17, 15) is 29.4 Å². The Morgan fingerprint density at radius 3 is 2.03 bits per heavy atom. The van der Waals surface area contributed by atoms with Gasteiger partial charge in [0.25, 0.3) is 5.91 Å². The van der Waals surface area contributed by atoms with E-state index >= 15 is 0 Å². The van der Waals surface area contributed by atoms with Crippen molar-refractivity contribution in [3.05, 3.63) is 25.3 Å². The highest BCUT2D eigenvalue weighted by Gasteiger charge is 2.54. The Balaban J connectivity index is 2.95. The largest absolute Gasteiger partial charge is 0.460 e. The van der Waals surface area contributed by atoms with Gasteiger partial charge in [0.05, 0.1) is 13.1 Å². The summed E-state index contributed by atoms with van der Waals surface area (Å²) in [5.41, 5.74) is -1.23. The maximum atomic E-state index is 13.2. The van der Waals surface area contributed by atoms with Gasteiger partial charge in [-0.2, -0.15) is 0 Å². The number of nitrogens with zero attached hydrogens (tertiary/aromatic N) is 2. The van der Waals surface area contributed by atoms with Crippen molar-refractivity contribution in [1.82, 2.24) is 9.80 Å². The van der Waals surface area contributed by atoms with E-state index in [4.69, 9.17) is 9.47 Å². The molecule has 1 saturated heterocycles. The van der Waals surface area contributed by atoms with Crippen molar-refractivity contribution in [1.29, 1.82) is 0 Å². The predicted molar refractivity (Wildman–Crippen MR) is 115 cm³/mol. The Bertz CT molecular complexity index is 710. The molecule has 32 heavy (non-hydrogen) atoms. The van der Waals surface area contributed by atoms with Gasteiger partial charge >= 0.3 is 18.0 Å². The van der Waals surface area contributed by atoms with E-state index in [1.165, 1.54) is 4.90 Å². The second kappa shape index (κ2) is 13.0. The Hall–Kier alpha value is -2.72. The summed E-state index contributed by atoms with van der Waals surface area (Å²) in [4.78, 5) is 50.8. The number of ether oxygens (including phenoxy) is 2. The Labute approximate surface area is 188 Å². The van der Waals surface area contributed by atoms with Crippen LogP contribution in [-0.2, 0) is 23.9 Å². The molecule has 0 saturated carbocycles. The normalized spacial score (nSPS) is 20.1. The number of esters is 2. The van der Waals surface area contributed by atoms with Crippen molar-refractivity contribution in [3.8, 4) is 0 Å². The molecule has 2 N–H and O–H groups in total. The SMILES string of the molecule is C=CC(=O)OCC(O)CN1C(=O)N(CC(O)COC(=O)C=C)C(C)(CCCCCC)C1=O. The van der Waals surface area contributed by atoms with Crippen LogP contribution in [0, 0.1) is 0 Å². The highest BCUT2D eigenvalue weighted by Crippen LogP contribution is 2.33. The molecule has 0 spiro atoms. The molecule has 0 radical (unpaired) electrons. The number of rotatable bonds is 15. The predicted octanol–water partition coefficient (Wildman–Crippen LogP) is 1.16. The molecule has 10 nitrogen and oxygen atoms in total. The Morgan fingerprint density at radius 1 is 1.00 bits per heavy atom. The third-order valence-electron chi connectivity index (χ3n) is 5.24. The average molecular weight is 455 g/mol. The van der Waals surface area contributed by atoms with Crippen LogP contribution in [0.15, 0.2) is 25.3 Å². The van der Waals surface area contributed by atoms with E-state index in [1.54, 1.807) is 6.92 Å². The van der Waals surface area contributed by atoms with Crippen LogP contribution in [0.2, 0.25) is 0 Å². The summed E-state index contributed by atoms with van der Waals surface area (Å²) in [5, 5.41) is 20.4. The van der Waals surface area contributed by atoms with Crippen LogP contribution in [0.25, 0.3) is 0 Å². The topological polar surface area (TPSA) is 134 Å². The molecule has 1 rings (SSSR count). The van der Waals surface area contributed by atoms with Crippen LogP contribution in [0.5, 0.6) is 0 Å². The second-order valence-electron chi connectivity index (χ2n) is 7.87. The molecule has 3 atom stereocenters. The molecule has 1 aliphatic rings. The number of imide groups is 1. The number of aliphatic hydroxyl groups is 2. The van der Waals surface area contributed by atoms with E-state index in [0.717, 1.165) is 36.3 Å². The molecular formula is C22H34N2O8. The number of aliphatic hydroxyl groups excluding tert-OH is 2. The summed E-state index contributed by atoms with van der Waals surface area (Å²) in [6.45, 7) is 8.82. The lowest BCUT2D eigenvalue weighted by atomic mass is 9.92. The number of carbonyl (C=O) groups is 4. The van der Waals surface area contributed by atoms with Gasteiger partial charge in [-0.05, 0) is 13.3 Å². The fourth-order valence-electron chi connectivity index (χ4n) is 3.43. The van der Waals surface area contributed by atoms with Crippen molar-refractivity contribution in [2.45, 2.75) is 63.7 Å². The summed E-state index contributed by atoms with van der Waals surface area (Å²) < 4.78 is 9.59. The number of amides is 3. The Kier molecular flexibility index (Phi) is 11.1. The van der Waals surface area contributed by atoms with E-state index in [1.807, 2.05) is 0 Å². The van der Waals surface area contributed by atoms with Crippen LogP contribution in [-0.4, -0.2) is 87.9 Å². The van der Waals surface area contributed by atoms with Gasteiger partial charge in [0.2, 0.25) is 0 Å². The summed E-state index contributed by atoms with van der Waals surface area (Å²) >= 11 is 0. The lowest BCUT2D eigenvalue weighted by molar-refractivity contribution is -0.142. The molecule has 1 fully saturated rings. The van der Waals surface area contributed by atoms with Gasteiger partial charge in [0.1, 0.15) is 31.0 Å². The molecule has 0 aliphatic carbocycles. The van der Waals surface area contributed by atoms with Crippen molar-refractivity contribution >= 4 is 23.9 Å². The summed E-state index contributed by atoms with van der Waals surface area (Å²) in [7, 11) is 0. The first-order valence-electron chi connectivity index (χ1n) is 10.7. The molecule has 180 valence electrons. The van der Waals surface area contributed by atoms with Gasteiger partial charge in [-0.1, -0.05) is 45.8 Å². The van der Waals surface area contributed by atoms with Gasteiger partial charge < -0.3 is 24.6 Å². The first-order chi connectivity index (χ1) is 15.1. The molecule has 3 amide bonds. The minimum atomic E-state index is -1.28. The van der Waals surface area contributed by atoms with E-state index < -0.39 is 48.2 Å². The number of β-amino-alcohol motifs (C(OH)–C–C–N with tert-alkyl or cyclic N) is 2. The van der Waals surface area contributed by atoms with Crippen molar-refractivity contribution < 1.29 is 38.9 Å². The highest BCUT2D eigenvalue weighted by molar-refractivity contribution is 6.06. The van der Waals surface area contributed by atoms with Crippen LogP contribution in [0.3, 0.4) is 0 Å². The minimum Gasteiger partial charge on any atom is -0.460 e. The van der Waals surface area contributed by atoms with E-state index in [-0.39, 0.29) is 19.7 Å². The zero-order valence-electron chi connectivity index (χ0n) is 18.8. The third-order valence-corrected chi connectivity index (χ3v) is 5.24. The second-order valence-corrected chi connectivity index (χ2v) is 7.87. The molecule has 0 aromatic carbocycles. The molecule has 0 aromatic rings. The zero-order valence-corrected chi connectivity index (χ0v) is 18.8. The maximum absolute atomic E-state index is 13.2. The number of urea groups is 1. The molecule has 0 bridgehead atoms. The molecule has 3 unspecified atom stereocenters. The van der Waals surface area contributed by atoms with Gasteiger partial charge in [-0.3, -0.25) is 9.69 Å². The summed E-state index contributed by atoms with van der Waals surface area (Å²) in [6.07, 6.45) is 3.31. The molecule has 0 aromatic heterocycles. The third kappa shape index (κ3) is 7.45. The van der Waals surface area contributed by atoms with Crippen LogP contribution >= 0.6 is 0 Å². The van der Waals surface area contributed by atoms with Crippen molar-refractivity contribution in [2.24, 2.45) is 0 Å². The number of hydrogen-bond donors (Lipinski definition) is 2. The smallest absolute Gasteiger partial charge is 0.330 e. The molecular weight excluding hydrogens is 420 g/mol. The lowest BCUT2D eigenvalue weighted by Gasteiger charge is -2.33. The lowest BCUT2D eigenvalue weighted by Crippen LogP contribution is -2.50.